The number of anilines is 1. The second kappa shape index (κ2) is 8.18. The van der Waals surface area contributed by atoms with Crippen LogP contribution in [0.15, 0.2) is 34.7 Å². The minimum absolute atomic E-state index is 0.0667. The highest BCUT2D eigenvalue weighted by Crippen LogP contribution is 2.26. The molecule has 0 fully saturated rings. The molecule has 0 bridgehead atoms. The van der Waals surface area contributed by atoms with E-state index in [0.29, 0.717) is 30.2 Å². The Kier molecular flexibility index (Phi) is 6.22. The predicted octanol–water partition coefficient (Wildman–Crippen LogP) is 3.46. The Morgan fingerprint density at radius 3 is 2.72 bits per heavy atom. The van der Waals surface area contributed by atoms with Crippen LogP contribution < -0.4 is 10.6 Å². The van der Waals surface area contributed by atoms with E-state index in [-0.39, 0.29) is 12.6 Å². The van der Waals surface area contributed by atoms with Crippen molar-refractivity contribution in [2.75, 3.05) is 18.5 Å². The number of furan rings is 1. The molecule has 0 saturated carbocycles. The van der Waals surface area contributed by atoms with Crippen LogP contribution >= 0.6 is 0 Å². The van der Waals surface area contributed by atoms with Crippen LogP contribution in [0.2, 0.25) is 0 Å². The van der Waals surface area contributed by atoms with Gasteiger partial charge in [0.15, 0.2) is 0 Å². The number of ether oxygens (including phenoxy) is 1. The molecule has 2 amide bonds. The Morgan fingerprint density at radius 2 is 2.08 bits per heavy atom. The normalized spacial score (nSPS) is 13.3. The van der Waals surface area contributed by atoms with Crippen molar-refractivity contribution < 1.29 is 19.1 Å². The van der Waals surface area contributed by atoms with Gasteiger partial charge in [-0.15, -0.1) is 0 Å². The van der Waals surface area contributed by atoms with Crippen molar-refractivity contribution in [1.29, 1.82) is 0 Å². The van der Waals surface area contributed by atoms with Crippen molar-refractivity contribution in [2.24, 2.45) is 0 Å². The van der Waals surface area contributed by atoms with E-state index in [1.165, 1.54) is 0 Å². The molecular formula is C19H26N2O4. The monoisotopic (exact) mass is 346 g/mol. The summed E-state index contributed by atoms with van der Waals surface area (Å²) in [4.78, 5) is 12.1. The number of hydrogen-bond acceptors (Lipinski definition) is 4. The van der Waals surface area contributed by atoms with E-state index in [4.69, 9.17) is 9.15 Å². The van der Waals surface area contributed by atoms with Crippen molar-refractivity contribution in [2.45, 2.75) is 39.9 Å². The third-order valence-electron chi connectivity index (χ3n) is 3.87. The van der Waals surface area contributed by atoms with Crippen molar-refractivity contribution in [3.8, 4) is 0 Å². The zero-order valence-electron chi connectivity index (χ0n) is 15.2. The van der Waals surface area contributed by atoms with Crippen LogP contribution in [0.5, 0.6) is 0 Å². The summed E-state index contributed by atoms with van der Waals surface area (Å²) in [6, 6.07) is 8.86. The second-order valence-corrected chi connectivity index (χ2v) is 6.25. The predicted molar refractivity (Wildman–Crippen MR) is 96.5 cm³/mol. The van der Waals surface area contributed by atoms with Crippen LogP contribution in [0.1, 0.15) is 36.5 Å². The highest BCUT2D eigenvalue weighted by molar-refractivity contribution is 5.89. The quantitative estimate of drug-likeness (QED) is 0.717. The average molecular weight is 346 g/mol. The number of carbonyl (C=O) groups is 1. The van der Waals surface area contributed by atoms with E-state index in [0.717, 1.165) is 11.3 Å². The maximum absolute atomic E-state index is 12.1. The minimum Gasteiger partial charge on any atom is -0.466 e. The van der Waals surface area contributed by atoms with Crippen molar-refractivity contribution >= 4 is 11.7 Å². The van der Waals surface area contributed by atoms with Gasteiger partial charge in [0.05, 0.1) is 13.2 Å². The molecule has 0 radical (unpaired) electrons. The lowest BCUT2D eigenvalue weighted by Crippen LogP contribution is -2.40. The summed E-state index contributed by atoms with van der Waals surface area (Å²) in [5.74, 6) is 1.37. The van der Waals surface area contributed by atoms with E-state index in [9.17, 15) is 9.90 Å². The fourth-order valence-corrected chi connectivity index (χ4v) is 2.65. The first-order valence-corrected chi connectivity index (χ1v) is 8.33. The molecule has 6 nitrogen and oxygen atoms in total. The number of hydrogen-bond donors (Lipinski definition) is 3. The lowest BCUT2D eigenvalue weighted by Gasteiger charge is -2.23. The van der Waals surface area contributed by atoms with Crippen LogP contribution in [-0.4, -0.2) is 24.3 Å². The van der Waals surface area contributed by atoms with E-state index >= 15 is 0 Å². The van der Waals surface area contributed by atoms with Gasteiger partial charge >= 0.3 is 6.03 Å². The first kappa shape index (κ1) is 19.0. The van der Waals surface area contributed by atoms with E-state index in [1.807, 2.05) is 32.0 Å². The average Bonchev–Trinajstić information content (AvgIpc) is 2.91. The molecule has 1 aromatic carbocycles. The number of carbonyl (C=O) groups excluding carboxylic acids is 1. The summed E-state index contributed by atoms with van der Waals surface area (Å²) in [7, 11) is 0. The fourth-order valence-electron chi connectivity index (χ4n) is 2.65. The summed E-state index contributed by atoms with van der Waals surface area (Å²) in [5.41, 5.74) is 1.11. The number of rotatable bonds is 7. The van der Waals surface area contributed by atoms with Crippen LogP contribution in [0.25, 0.3) is 0 Å². The molecule has 0 spiro atoms. The molecule has 0 aliphatic heterocycles. The Bertz CT molecular complexity index is 722. The van der Waals surface area contributed by atoms with Crippen LogP contribution in [0, 0.1) is 13.8 Å². The Balaban J connectivity index is 1.93. The molecule has 2 rings (SSSR count). The zero-order valence-corrected chi connectivity index (χ0v) is 15.2. The van der Waals surface area contributed by atoms with Gasteiger partial charge in [-0.3, -0.25) is 0 Å². The molecule has 3 N–H and O–H groups in total. The van der Waals surface area contributed by atoms with Gasteiger partial charge < -0.3 is 24.9 Å². The van der Waals surface area contributed by atoms with Gasteiger partial charge in [0.2, 0.25) is 0 Å². The highest BCUT2D eigenvalue weighted by Gasteiger charge is 2.28. The number of benzene rings is 1. The van der Waals surface area contributed by atoms with Gasteiger partial charge in [-0.1, -0.05) is 12.1 Å². The third kappa shape index (κ3) is 5.34. The van der Waals surface area contributed by atoms with Gasteiger partial charge in [0.1, 0.15) is 17.1 Å². The Hall–Kier alpha value is -2.31. The molecule has 136 valence electrons. The third-order valence-corrected chi connectivity index (χ3v) is 3.87. The smallest absolute Gasteiger partial charge is 0.319 e. The van der Waals surface area contributed by atoms with Crippen molar-refractivity contribution in [3.05, 3.63) is 53.0 Å². The molecule has 6 heteroatoms. The molecule has 0 aliphatic carbocycles. The van der Waals surface area contributed by atoms with Crippen molar-refractivity contribution in [3.63, 3.8) is 0 Å². The number of urea groups is 1. The minimum atomic E-state index is -1.21. The van der Waals surface area contributed by atoms with E-state index in [2.05, 4.69) is 10.6 Å². The zero-order chi connectivity index (χ0) is 18.4. The number of amides is 2. The van der Waals surface area contributed by atoms with Gasteiger partial charge in [-0.25, -0.2) is 4.79 Å². The first-order valence-electron chi connectivity index (χ1n) is 8.33. The SMILES string of the molecule is CCOCc1cccc(NC(=O)NCC(C)(O)c2cc(C)oc2C)c1. The molecule has 1 aromatic heterocycles. The summed E-state index contributed by atoms with van der Waals surface area (Å²) in [6.45, 7) is 8.40. The lowest BCUT2D eigenvalue weighted by molar-refractivity contribution is 0.0584. The van der Waals surface area contributed by atoms with Crippen LogP contribution in [0.4, 0.5) is 10.5 Å². The highest BCUT2D eigenvalue weighted by atomic mass is 16.5. The van der Waals surface area contributed by atoms with Crippen molar-refractivity contribution in [1.82, 2.24) is 5.32 Å². The number of aliphatic hydroxyl groups is 1. The Morgan fingerprint density at radius 1 is 1.32 bits per heavy atom. The van der Waals surface area contributed by atoms with Crippen LogP contribution in [0.3, 0.4) is 0 Å². The van der Waals surface area contributed by atoms with Gasteiger partial charge in [-0.2, -0.15) is 0 Å². The number of aryl methyl sites for hydroxylation is 2. The summed E-state index contributed by atoms with van der Waals surface area (Å²) < 4.78 is 10.8. The maximum Gasteiger partial charge on any atom is 0.319 e. The number of nitrogens with one attached hydrogen (secondary N) is 2. The first-order chi connectivity index (χ1) is 11.8. The summed E-state index contributed by atoms with van der Waals surface area (Å²) >= 11 is 0. The molecular weight excluding hydrogens is 320 g/mol. The van der Waals surface area contributed by atoms with E-state index in [1.54, 1.807) is 26.0 Å². The molecule has 1 atom stereocenters. The summed E-state index contributed by atoms with van der Waals surface area (Å²) in [6.07, 6.45) is 0. The van der Waals surface area contributed by atoms with Gasteiger partial charge in [0.25, 0.3) is 0 Å². The molecule has 1 heterocycles. The lowest BCUT2D eigenvalue weighted by atomic mass is 9.96. The second-order valence-electron chi connectivity index (χ2n) is 6.25. The Labute approximate surface area is 148 Å². The molecule has 1 unspecified atom stereocenters. The standard InChI is InChI=1S/C19H26N2O4/c1-5-24-11-15-7-6-8-16(10-15)21-18(22)20-12-19(4,23)17-9-13(2)25-14(17)3/h6-10,23H,5,11-12H2,1-4H3,(H2,20,21,22). The topological polar surface area (TPSA) is 83.7 Å². The fraction of sp³-hybridized carbons (Fsp3) is 0.421. The van der Waals surface area contributed by atoms with Crippen LogP contribution in [-0.2, 0) is 16.9 Å². The molecule has 2 aromatic rings. The molecule has 25 heavy (non-hydrogen) atoms. The molecule has 0 aliphatic rings. The van der Waals surface area contributed by atoms with E-state index < -0.39 is 5.60 Å². The molecule has 0 saturated heterocycles. The van der Waals surface area contributed by atoms with Gasteiger partial charge in [0, 0.05) is 17.9 Å². The summed E-state index contributed by atoms with van der Waals surface area (Å²) in [5, 5.41) is 16.1. The largest absolute Gasteiger partial charge is 0.466 e. The van der Waals surface area contributed by atoms with Gasteiger partial charge in [-0.05, 0) is 51.5 Å². The maximum atomic E-state index is 12.1.